The second-order valence-corrected chi connectivity index (χ2v) is 3.22. The number of nitro groups is 1. The van der Waals surface area contributed by atoms with E-state index in [0.29, 0.717) is 16.5 Å². The van der Waals surface area contributed by atoms with Gasteiger partial charge in [-0.3, -0.25) is 10.1 Å². The first kappa shape index (κ1) is 10.8. The molecule has 0 bridgehead atoms. The first-order valence-corrected chi connectivity index (χ1v) is 4.86. The molecule has 0 saturated heterocycles. The Bertz CT molecular complexity index is 392. The van der Waals surface area contributed by atoms with E-state index in [1.165, 1.54) is 12.1 Å². The van der Waals surface area contributed by atoms with Gasteiger partial charge in [0.1, 0.15) is 0 Å². The third-order valence-electron chi connectivity index (χ3n) is 1.71. The minimum Gasteiger partial charge on any atom is -0.258 e. The molecule has 0 amide bonds. The number of alkyl halides is 1. The van der Waals surface area contributed by atoms with Crippen molar-refractivity contribution in [2.75, 3.05) is 5.33 Å². The summed E-state index contributed by atoms with van der Waals surface area (Å²) in [5.74, 6) is -0.832. The van der Waals surface area contributed by atoms with E-state index in [0.717, 1.165) is 6.07 Å². The molecule has 0 aromatic heterocycles. The molecule has 0 heterocycles. The normalized spacial score (nSPS) is 9.86. The minimum absolute atomic E-state index is 0.496. The fraction of sp³-hybridized carbons (Fsp3) is 0.111. The van der Waals surface area contributed by atoms with Crippen LogP contribution in [-0.2, 0) is 0 Å². The van der Waals surface area contributed by atoms with E-state index in [1.807, 2.05) is 0 Å². The molecular formula is C9H7BrFNO2. The van der Waals surface area contributed by atoms with Gasteiger partial charge >= 0.3 is 5.69 Å². The van der Waals surface area contributed by atoms with E-state index in [1.54, 1.807) is 0 Å². The second-order valence-electron chi connectivity index (χ2n) is 2.66. The van der Waals surface area contributed by atoms with Gasteiger partial charge in [-0.1, -0.05) is 28.6 Å². The van der Waals surface area contributed by atoms with Crippen molar-refractivity contribution in [1.29, 1.82) is 0 Å². The molecule has 0 N–H and O–H groups in total. The average Bonchev–Trinajstić information content (AvgIpc) is 2.17. The Labute approximate surface area is 88.5 Å². The summed E-state index contributed by atoms with van der Waals surface area (Å²) in [5, 5.41) is 10.9. The van der Waals surface area contributed by atoms with Crippen LogP contribution in [0, 0.1) is 15.9 Å². The van der Waals surface area contributed by atoms with Gasteiger partial charge in [0.15, 0.2) is 0 Å². The molecule has 0 aliphatic rings. The van der Waals surface area contributed by atoms with Crippen LogP contribution < -0.4 is 0 Å². The molecule has 0 fully saturated rings. The van der Waals surface area contributed by atoms with Gasteiger partial charge < -0.3 is 0 Å². The molecule has 1 rings (SSSR count). The molecule has 0 radical (unpaired) electrons. The summed E-state index contributed by atoms with van der Waals surface area (Å²) >= 11 is 3.17. The maximum absolute atomic E-state index is 12.9. The first-order valence-electron chi connectivity index (χ1n) is 3.74. The molecule has 1 aromatic rings. The lowest BCUT2D eigenvalue weighted by molar-refractivity contribution is -0.387. The van der Waals surface area contributed by atoms with Gasteiger partial charge in [-0.15, -0.1) is 0 Å². The van der Waals surface area contributed by atoms with Gasteiger partial charge in [0, 0.05) is 11.4 Å². The summed E-state index contributed by atoms with van der Waals surface area (Å²) in [5.41, 5.74) is 0.715. The van der Waals surface area contributed by atoms with Crippen LogP contribution in [0.4, 0.5) is 10.1 Å². The standard InChI is InChI=1S/C9H7BrFNO2/c1-6(5-10)7-2-3-8(11)9(4-7)12(13)14/h2-4H,1,5H2. The van der Waals surface area contributed by atoms with Crippen molar-refractivity contribution in [1.82, 2.24) is 0 Å². The Morgan fingerprint density at radius 2 is 2.29 bits per heavy atom. The van der Waals surface area contributed by atoms with Crippen LogP contribution in [0.15, 0.2) is 24.8 Å². The molecule has 0 atom stereocenters. The van der Waals surface area contributed by atoms with Crippen LogP contribution in [0.2, 0.25) is 0 Å². The number of benzene rings is 1. The fourth-order valence-electron chi connectivity index (χ4n) is 0.950. The fourth-order valence-corrected chi connectivity index (χ4v) is 1.27. The minimum atomic E-state index is -0.832. The van der Waals surface area contributed by atoms with E-state index in [9.17, 15) is 14.5 Å². The lowest BCUT2D eigenvalue weighted by Crippen LogP contribution is -1.94. The number of hydrogen-bond donors (Lipinski definition) is 0. The van der Waals surface area contributed by atoms with E-state index in [-0.39, 0.29) is 0 Å². The molecule has 5 heteroatoms. The van der Waals surface area contributed by atoms with Crippen LogP contribution in [0.1, 0.15) is 5.56 Å². The number of allylic oxidation sites excluding steroid dienone is 1. The van der Waals surface area contributed by atoms with Crippen LogP contribution in [0.25, 0.3) is 5.57 Å². The molecule has 1 aromatic carbocycles. The van der Waals surface area contributed by atoms with Crippen molar-refractivity contribution in [3.63, 3.8) is 0 Å². The SMILES string of the molecule is C=C(CBr)c1ccc(F)c([N+](=O)[O-])c1. The lowest BCUT2D eigenvalue weighted by atomic mass is 10.1. The summed E-state index contributed by atoms with van der Waals surface area (Å²) in [6.45, 7) is 3.68. The number of halogens is 2. The zero-order valence-corrected chi connectivity index (χ0v) is 8.75. The summed E-state index contributed by atoms with van der Waals surface area (Å²) in [7, 11) is 0. The zero-order valence-electron chi connectivity index (χ0n) is 7.17. The number of nitro benzene ring substituents is 1. The van der Waals surface area contributed by atoms with Crippen LogP contribution in [0.3, 0.4) is 0 Å². The Morgan fingerprint density at radius 1 is 1.64 bits per heavy atom. The van der Waals surface area contributed by atoms with Gasteiger partial charge in [-0.2, -0.15) is 4.39 Å². The number of rotatable bonds is 3. The quantitative estimate of drug-likeness (QED) is 0.476. The van der Waals surface area contributed by atoms with Gasteiger partial charge in [-0.05, 0) is 17.2 Å². The second kappa shape index (κ2) is 4.32. The Kier molecular flexibility index (Phi) is 3.35. The van der Waals surface area contributed by atoms with Crippen molar-refractivity contribution in [2.45, 2.75) is 0 Å². The largest absolute Gasteiger partial charge is 0.305 e. The molecule has 0 aliphatic carbocycles. The first-order chi connectivity index (χ1) is 6.56. The summed E-state index contributed by atoms with van der Waals surface area (Å²) in [6.07, 6.45) is 0. The third kappa shape index (κ3) is 2.17. The molecular weight excluding hydrogens is 253 g/mol. The molecule has 0 saturated carbocycles. The molecule has 3 nitrogen and oxygen atoms in total. The van der Waals surface area contributed by atoms with E-state index in [2.05, 4.69) is 22.5 Å². The molecule has 0 spiro atoms. The van der Waals surface area contributed by atoms with Crippen LogP contribution in [0.5, 0.6) is 0 Å². The zero-order chi connectivity index (χ0) is 10.7. The maximum Gasteiger partial charge on any atom is 0.305 e. The van der Waals surface area contributed by atoms with Gasteiger partial charge in [-0.25, -0.2) is 0 Å². The number of hydrogen-bond acceptors (Lipinski definition) is 2. The van der Waals surface area contributed by atoms with Crippen molar-refractivity contribution in [3.05, 3.63) is 46.3 Å². The maximum atomic E-state index is 12.9. The molecule has 0 aliphatic heterocycles. The summed E-state index contributed by atoms with van der Waals surface area (Å²) in [6, 6.07) is 3.71. The Morgan fingerprint density at radius 3 is 2.79 bits per heavy atom. The van der Waals surface area contributed by atoms with E-state index in [4.69, 9.17) is 0 Å². The third-order valence-corrected chi connectivity index (χ3v) is 2.39. The Hall–Kier alpha value is -1.23. The topological polar surface area (TPSA) is 43.1 Å². The van der Waals surface area contributed by atoms with Gasteiger partial charge in [0.05, 0.1) is 4.92 Å². The summed E-state index contributed by atoms with van der Waals surface area (Å²) < 4.78 is 12.9. The van der Waals surface area contributed by atoms with Crippen molar-refractivity contribution < 1.29 is 9.31 Å². The Balaban J connectivity index is 3.19. The molecule has 74 valence electrons. The highest BCUT2D eigenvalue weighted by molar-refractivity contribution is 9.09. The van der Waals surface area contributed by atoms with Crippen LogP contribution in [-0.4, -0.2) is 10.3 Å². The van der Waals surface area contributed by atoms with E-state index >= 15 is 0 Å². The van der Waals surface area contributed by atoms with Gasteiger partial charge in [0.2, 0.25) is 5.82 Å². The smallest absolute Gasteiger partial charge is 0.258 e. The monoisotopic (exact) mass is 259 g/mol. The molecule has 14 heavy (non-hydrogen) atoms. The van der Waals surface area contributed by atoms with Crippen molar-refractivity contribution in [3.8, 4) is 0 Å². The van der Waals surface area contributed by atoms with Crippen molar-refractivity contribution >= 4 is 27.2 Å². The number of nitrogens with zero attached hydrogens (tertiary/aromatic N) is 1. The van der Waals surface area contributed by atoms with Crippen molar-refractivity contribution in [2.24, 2.45) is 0 Å². The molecule has 0 unspecified atom stereocenters. The average molecular weight is 260 g/mol. The predicted octanol–water partition coefficient (Wildman–Crippen LogP) is 3.14. The highest BCUT2D eigenvalue weighted by atomic mass is 79.9. The lowest BCUT2D eigenvalue weighted by Gasteiger charge is -2.01. The van der Waals surface area contributed by atoms with E-state index < -0.39 is 16.4 Å². The van der Waals surface area contributed by atoms with Gasteiger partial charge in [0.25, 0.3) is 0 Å². The predicted molar refractivity (Wildman–Crippen MR) is 55.9 cm³/mol. The summed E-state index contributed by atoms with van der Waals surface area (Å²) in [4.78, 5) is 9.66. The highest BCUT2D eigenvalue weighted by Gasteiger charge is 2.14. The highest BCUT2D eigenvalue weighted by Crippen LogP contribution is 2.23. The van der Waals surface area contributed by atoms with Crippen LogP contribution >= 0.6 is 15.9 Å².